The number of rotatable bonds is 10. The van der Waals surface area contributed by atoms with Gasteiger partial charge in [0, 0.05) is 18.9 Å². The van der Waals surface area contributed by atoms with Crippen LogP contribution in [-0.4, -0.2) is 68.3 Å². The van der Waals surface area contributed by atoms with E-state index < -0.39 is 18.9 Å². The summed E-state index contributed by atoms with van der Waals surface area (Å²) in [5.41, 5.74) is 4.72. The number of carbonyl (C=O) groups excluding carboxylic acids is 2. The van der Waals surface area contributed by atoms with Gasteiger partial charge < -0.3 is 10.0 Å². The van der Waals surface area contributed by atoms with Gasteiger partial charge in [0.2, 0.25) is 0 Å². The van der Waals surface area contributed by atoms with E-state index in [0.717, 1.165) is 5.56 Å². The van der Waals surface area contributed by atoms with Gasteiger partial charge in [0.15, 0.2) is 0 Å². The van der Waals surface area contributed by atoms with Crippen LogP contribution in [0.15, 0.2) is 78.3 Å². The maximum atomic E-state index is 13.0. The molecule has 0 saturated heterocycles. The number of hydrazine groups is 1. The van der Waals surface area contributed by atoms with Crippen LogP contribution in [0.1, 0.15) is 35.5 Å². The van der Waals surface area contributed by atoms with Gasteiger partial charge in [0.05, 0.1) is 19.0 Å². The minimum atomic E-state index is -1.59. The molecule has 0 saturated carbocycles. The summed E-state index contributed by atoms with van der Waals surface area (Å²) in [5, 5.41) is 26.1. The molecule has 0 spiro atoms. The predicted octanol–water partition coefficient (Wildman–Crippen LogP) is 0.822. The van der Waals surface area contributed by atoms with Gasteiger partial charge in [-0.05, 0) is 22.5 Å². The summed E-state index contributed by atoms with van der Waals surface area (Å²) >= 11 is 0. The summed E-state index contributed by atoms with van der Waals surface area (Å²) < 4.78 is 0. The van der Waals surface area contributed by atoms with Crippen molar-refractivity contribution in [1.82, 2.24) is 25.4 Å². The molecular formula is C25H29BN6O4. The highest BCUT2D eigenvalue weighted by Gasteiger charge is 2.21. The molecule has 2 amide bonds. The molecule has 0 fully saturated rings. The molecule has 0 aliphatic rings. The van der Waals surface area contributed by atoms with Crippen LogP contribution in [0.2, 0.25) is 0 Å². The summed E-state index contributed by atoms with van der Waals surface area (Å²) in [6.45, 7) is 4.38. The van der Waals surface area contributed by atoms with Crippen molar-refractivity contribution in [3.05, 3.63) is 90.0 Å². The fraction of sp³-hybridized carbons (Fsp3) is 0.240. The van der Waals surface area contributed by atoms with E-state index >= 15 is 0 Å². The first-order chi connectivity index (χ1) is 17.3. The molecule has 0 bridgehead atoms. The first-order valence-electron chi connectivity index (χ1n) is 11.5. The van der Waals surface area contributed by atoms with Crippen molar-refractivity contribution in [1.29, 1.82) is 0 Å². The second kappa shape index (κ2) is 13.1. The summed E-state index contributed by atoms with van der Waals surface area (Å²) in [5.74, 6) is -0.790. The lowest BCUT2D eigenvalue weighted by molar-refractivity contribution is -0.126. The molecule has 10 nitrogen and oxygen atoms in total. The molecule has 3 N–H and O–H groups in total. The lowest BCUT2D eigenvalue weighted by Gasteiger charge is -2.26. The van der Waals surface area contributed by atoms with Crippen LogP contribution in [0.25, 0.3) is 0 Å². The van der Waals surface area contributed by atoms with Crippen LogP contribution < -0.4 is 10.9 Å². The third kappa shape index (κ3) is 8.29. The van der Waals surface area contributed by atoms with Crippen molar-refractivity contribution in [2.24, 2.45) is 11.0 Å². The van der Waals surface area contributed by atoms with Crippen molar-refractivity contribution < 1.29 is 19.6 Å². The molecule has 0 aliphatic heterocycles. The van der Waals surface area contributed by atoms with Crippen molar-refractivity contribution in [2.45, 2.75) is 20.4 Å². The van der Waals surface area contributed by atoms with Gasteiger partial charge in [-0.3, -0.25) is 25.0 Å². The third-order valence-corrected chi connectivity index (χ3v) is 4.95. The maximum Gasteiger partial charge on any atom is 0.488 e. The lowest BCUT2D eigenvalue weighted by atomic mass is 9.80. The van der Waals surface area contributed by atoms with Crippen LogP contribution in [0.5, 0.6) is 0 Å². The molecule has 1 aromatic heterocycles. The van der Waals surface area contributed by atoms with E-state index in [1.54, 1.807) is 35.5 Å². The third-order valence-electron chi connectivity index (χ3n) is 4.95. The van der Waals surface area contributed by atoms with Gasteiger partial charge in [-0.1, -0.05) is 68.4 Å². The second-order valence-corrected chi connectivity index (χ2v) is 8.53. The number of carbonyl (C=O) groups is 2. The average molecular weight is 488 g/mol. The molecule has 3 aromatic rings. The van der Waals surface area contributed by atoms with E-state index in [1.165, 1.54) is 23.6 Å². The Morgan fingerprint density at radius 2 is 1.89 bits per heavy atom. The lowest BCUT2D eigenvalue weighted by Crippen LogP contribution is -2.50. The summed E-state index contributed by atoms with van der Waals surface area (Å²) in [4.78, 5) is 33.9. The molecule has 0 atom stereocenters. The van der Waals surface area contributed by atoms with Crippen LogP contribution in [0.4, 0.5) is 0 Å². The maximum absolute atomic E-state index is 13.0. The molecule has 0 aliphatic carbocycles. The zero-order valence-corrected chi connectivity index (χ0v) is 20.2. The largest absolute Gasteiger partial charge is 0.488 e. The first-order valence-corrected chi connectivity index (χ1v) is 11.5. The standard InChI is InChI=1S/C25H29BN6O4/c1-19(2)16-32(25(34)23-15-27-11-12-28-23)30-24(33)18-31(17-20-7-4-3-5-8-20)29-14-21-9-6-10-22(13-21)26(35)36/h3-15,19,35-36H,16-18H2,1-2H3,(H,30,33)/b29-14+. The van der Waals surface area contributed by atoms with Crippen LogP contribution in [0.3, 0.4) is 0 Å². The van der Waals surface area contributed by atoms with Crippen molar-refractivity contribution >= 4 is 30.6 Å². The minimum Gasteiger partial charge on any atom is -0.423 e. The van der Waals surface area contributed by atoms with Crippen LogP contribution in [-0.2, 0) is 11.3 Å². The Bertz CT molecular complexity index is 1160. The number of aromatic nitrogens is 2. The van der Waals surface area contributed by atoms with Gasteiger partial charge in [-0.15, -0.1) is 0 Å². The number of nitrogens with one attached hydrogen (secondary N) is 1. The first kappa shape index (κ1) is 26.5. The van der Waals surface area contributed by atoms with Crippen molar-refractivity contribution in [3.8, 4) is 0 Å². The Kier molecular flexibility index (Phi) is 9.67. The van der Waals surface area contributed by atoms with Gasteiger partial charge in [-0.25, -0.2) is 9.99 Å². The van der Waals surface area contributed by atoms with Gasteiger partial charge in [-0.2, -0.15) is 5.10 Å². The quantitative estimate of drug-likeness (QED) is 0.219. The molecule has 186 valence electrons. The highest BCUT2D eigenvalue weighted by atomic mass is 16.4. The summed E-state index contributed by atoms with van der Waals surface area (Å²) in [7, 11) is -1.59. The fourth-order valence-corrected chi connectivity index (χ4v) is 3.32. The molecule has 1 heterocycles. The van der Waals surface area contributed by atoms with Crippen molar-refractivity contribution in [2.75, 3.05) is 13.1 Å². The predicted molar refractivity (Wildman–Crippen MR) is 137 cm³/mol. The number of benzene rings is 2. The zero-order chi connectivity index (χ0) is 25.9. The van der Waals surface area contributed by atoms with Crippen LogP contribution in [0, 0.1) is 5.92 Å². The zero-order valence-electron chi connectivity index (χ0n) is 20.2. The highest BCUT2D eigenvalue weighted by Crippen LogP contribution is 2.07. The number of hydrogen-bond acceptors (Lipinski definition) is 8. The van der Waals surface area contributed by atoms with E-state index in [4.69, 9.17) is 0 Å². The minimum absolute atomic E-state index is 0.0958. The molecule has 36 heavy (non-hydrogen) atoms. The van der Waals surface area contributed by atoms with Crippen molar-refractivity contribution in [3.63, 3.8) is 0 Å². The normalized spacial score (nSPS) is 10.9. The Morgan fingerprint density at radius 3 is 2.56 bits per heavy atom. The monoisotopic (exact) mass is 488 g/mol. The molecule has 3 rings (SSSR count). The van der Waals surface area contributed by atoms with E-state index in [9.17, 15) is 19.6 Å². The SMILES string of the molecule is CC(C)CN(NC(=O)CN(Cc1ccccc1)/N=C/c1cccc(B(O)O)c1)C(=O)c1cnccn1. The van der Waals surface area contributed by atoms with E-state index in [1.807, 2.05) is 44.2 Å². The molecule has 0 unspecified atom stereocenters. The molecule has 11 heteroatoms. The number of nitrogens with zero attached hydrogens (tertiary/aromatic N) is 5. The van der Waals surface area contributed by atoms with E-state index in [2.05, 4.69) is 20.5 Å². The highest BCUT2D eigenvalue weighted by molar-refractivity contribution is 6.58. The molecule has 0 radical (unpaired) electrons. The van der Waals surface area contributed by atoms with Gasteiger partial charge >= 0.3 is 7.12 Å². The number of amides is 2. The van der Waals surface area contributed by atoms with E-state index in [-0.39, 0.29) is 18.2 Å². The Hall–Kier alpha value is -4.09. The Balaban J connectivity index is 1.76. The van der Waals surface area contributed by atoms with Gasteiger partial charge in [0.1, 0.15) is 12.2 Å². The summed E-state index contributed by atoms with van der Waals surface area (Å²) in [6.07, 6.45) is 5.78. The number of hydrazone groups is 1. The average Bonchev–Trinajstić information content (AvgIpc) is 2.87. The number of hydrogen-bond donors (Lipinski definition) is 3. The summed E-state index contributed by atoms with van der Waals surface area (Å²) in [6, 6.07) is 16.2. The smallest absolute Gasteiger partial charge is 0.423 e. The molecule has 2 aromatic carbocycles. The Morgan fingerprint density at radius 1 is 1.11 bits per heavy atom. The van der Waals surface area contributed by atoms with Crippen LogP contribution >= 0.6 is 0 Å². The Labute approximate surface area is 210 Å². The molecular weight excluding hydrogens is 459 g/mol. The second-order valence-electron chi connectivity index (χ2n) is 8.53. The van der Waals surface area contributed by atoms with E-state index in [0.29, 0.717) is 24.1 Å². The van der Waals surface area contributed by atoms with Gasteiger partial charge in [0.25, 0.3) is 11.8 Å². The topological polar surface area (TPSA) is 131 Å². The fourth-order valence-electron chi connectivity index (χ4n) is 3.32.